The van der Waals surface area contributed by atoms with E-state index < -0.39 is 0 Å². The molecule has 0 bridgehead atoms. The van der Waals surface area contributed by atoms with Crippen molar-refractivity contribution in [1.82, 2.24) is 5.32 Å². The van der Waals surface area contributed by atoms with Gasteiger partial charge >= 0.3 is 0 Å². The Bertz CT molecular complexity index is 375. The molecule has 1 aromatic rings. The number of benzene rings is 1. The normalized spacial score (nSPS) is 12.2. The summed E-state index contributed by atoms with van der Waals surface area (Å²) in [5, 5.41) is 3.24. The summed E-state index contributed by atoms with van der Waals surface area (Å²) in [6.07, 6.45) is 2.32. The van der Waals surface area contributed by atoms with Gasteiger partial charge in [0.25, 0.3) is 0 Å². The van der Waals surface area contributed by atoms with E-state index in [1.807, 2.05) is 7.05 Å². The van der Waals surface area contributed by atoms with Gasteiger partial charge in [-0.15, -0.1) is 0 Å². The number of hydrogen-bond donors (Lipinski definition) is 1. The number of hydrogen-bond acceptors (Lipinski definition) is 1. The van der Waals surface area contributed by atoms with Crippen molar-refractivity contribution >= 4 is 6.08 Å². The molecule has 0 aliphatic heterocycles. The van der Waals surface area contributed by atoms with Crippen molar-refractivity contribution in [1.29, 1.82) is 0 Å². The Morgan fingerprint density at radius 3 is 2.56 bits per heavy atom. The van der Waals surface area contributed by atoms with Crippen molar-refractivity contribution in [2.75, 3.05) is 13.6 Å². The molecule has 0 aliphatic rings. The van der Waals surface area contributed by atoms with Gasteiger partial charge in [0.2, 0.25) is 0 Å². The van der Waals surface area contributed by atoms with Crippen LogP contribution in [0.1, 0.15) is 30.5 Å². The topological polar surface area (TPSA) is 12.0 Å². The average molecular weight is 217 g/mol. The summed E-state index contributed by atoms with van der Waals surface area (Å²) in [6, 6.07) is 6.62. The summed E-state index contributed by atoms with van der Waals surface area (Å²) >= 11 is 0. The second-order valence-electron chi connectivity index (χ2n) is 4.76. The van der Waals surface area contributed by atoms with Crippen LogP contribution in [0.25, 0.3) is 6.08 Å². The third-order valence-corrected chi connectivity index (χ3v) is 2.90. The van der Waals surface area contributed by atoms with Crippen LogP contribution in [0.3, 0.4) is 0 Å². The Kier molecular flexibility index (Phi) is 4.75. The fourth-order valence-corrected chi connectivity index (χ4v) is 1.74. The molecule has 1 N–H and O–H groups in total. The molecule has 0 saturated heterocycles. The van der Waals surface area contributed by atoms with E-state index in [0.717, 1.165) is 6.54 Å². The van der Waals surface area contributed by atoms with Crippen molar-refractivity contribution in [2.24, 2.45) is 5.92 Å². The highest BCUT2D eigenvalue weighted by Gasteiger charge is 2.03. The molecule has 0 aliphatic carbocycles. The van der Waals surface area contributed by atoms with Gasteiger partial charge < -0.3 is 5.32 Å². The lowest BCUT2D eigenvalue weighted by Crippen LogP contribution is -2.13. The Morgan fingerprint density at radius 2 is 2.00 bits per heavy atom. The number of aryl methyl sites for hydroxylation is 2. The Labute approximate surface area is 99.6 Å². The van der Waals surface area contributed by atoms with E-state index in [-0.39, 0.29) is 0 Å². The van der Waals surface area contributed by atoms with Gasteiger partial charge in [0.1, 0.15) is 0 Å². The zero-order chi connectivity index (χ0) is 12.1. The van der Waals surface area contributed by atoms with Crippen LogP contribution in [-0.2, 0) is 0 Å². The molecule has 1 rings (SSSR count). The van der Waals surface area contributed by atoms with Gasteiger partial charge in [-0.3, -0.25) is 0 Å². The smallest absolute Gasteiger partial charge is 0.0167 e. The van der Waals surface area contributed by atoms with E-state index in [1.54, 1.807) is 0 Å². The van der Waals surface area contributed by atoms with E-state index in [2.05, 4.69) is 57.3 Å². The van der Waals surface area contributed by atoms with Gasteiger partial charge in [0.15, 0.2) is 0 Å². The fraction of sp³-hybridized carbons (Fsp3) is 0.467. The lowest BCUT2D eigenvalue weighted by molar-refractivity contribution is 0.713. The van der Waals surface area contributed by atoms with Crippen LogP contribution in [0, 0.1) is 19.8 Å². The molecule has 0 saturated carbocycles. The first-order valence-electron chi connectivity index (χ1n) is 5.97. The van der Waals surface area contributed by atoms with E-state index >= 15 is 0 Å². The van der Waals surface area contributed by atoms with Crippen molar-refractivity contribution in [2.45, 2.75) is 27.7 Å². The Balaban J connectivity index is 3.06. The third-order valence-electron chi connectivity index (χ3n) is 2.90. The maximum atomic E-state index is 3.24. The number of rotatable bonds is 4. The molecule has 0 unspecified atom stereocenters. The zero-order valence-corrected chi connectivity index (χ0v) is 11.1. The quantitative estimate of drug-likeness (QED) is 0.813. The molecule has 0 amide bonds. The molecule has 16 heavy (non-hydrogen) atoms. The predicted molar refractivity (Wildman–Crippen MR) is 72.7 cm³/mol. The minimum absolute atomic E-state index is 0.590. The highest BCUT2D eigenvalue weighted by molar-refractivity contribution is 5.58. The van der Waals surface area contributed by atoms with Crippen LogP contribution in [0.15, 0.2) is 23.8 Å². The largest absolute Gasteiger partial charge is 0.316 e. The van der Waals surface area contributed by atoms with Crippen LogP contribution in [-0.4, -0.2) is 13.6 Å². The zero-order valence-electron chi connectivity index (χ0n) is 11.1. The molecule has 1 aromatic carbocycles. The average Bonchev–Trinajstić information content (AvgIpc) is 2.22. The van der Waals surface area contributed by atoms with Crippen LogP contribution >= 0.6 is 0 Å². The summed E-state index contributed by atoms with van der Waals surface area (Å²) in [6.45, 7) is 9.76. The third kappa shape index (κ3) is 3.49. The summed E-state index contributed by atoms with van der Waals surface area (Å²) < 4.78 is 0. The van der Waals surface area contributed by atoms with Crippen LogP contribution < -0.4 is 5.32 Å². The highest BCUT2D eigenvalue weighted by atomic mass is 14.8. The second-order valence-corrected chi connectivity index (χ2v) is 4.76. The maximum absolute atomic E-state index is 3.24. The molecule has 88 valence electrons. The van der Waals surface area contributed by atoms with E-state index in [4.69, 9.17) is 0 Å². The minimum Gasteiger partial charge on any atom is -0.316 e. The summed E-state index contributed by atoms with van der Waals surface area (Å²) in [7, 11) is 2.00. The summed E-state index contributed by atoms with van der Waals surface area (Å²) in [4.78, 5) is 0. The van der Waals surface area contributed by atoms with Gasteiger partial charge in [-0.05, 0) is 37.9 Å². The molecule has 0 atom stereocenters. The van der Waals surface area contributed by atoms with Crippen molar-refractivity contribution < 1.29 is 0 Å². The lowest BCUT2D eigenvalue weighted by atomic mass is 9.97. The highest BCUT2D eigenvalue weighted by Crippen LogP contribution is 2.18. The molecule has 1 heteroatoms. The van der Waals surface area contributed by atoms with E-state index in [1.165, 1.54) is 22.3 Å². The molecule has 1 nitrogen and oxygen atoms in total. The Morgan fingerprint density at radius 1 is 1.31 bits per heavy atom. The standard InChI is InChI=1S/C15H23N/c1-11(2)15(10-16-5)9-14-8-12(3)6-7-13(14)4/h6-9,11,16H,10H2,1-5H3. The first-order chi connectivity index (χ1) is 7.54. The lowest BCUT2D eigenvalue weighted by Gasteiger charge is -2.12. The van der Waals surface area contributed by atoms with Gasteiger partial charge in [0.05, 0.1) is 0 Å². The molecule has 0 aromatic heterocycles. The first kappa shape index (κ1) is 13.0. The predicted octanol–water partition coefficient (Wildman–Crippen LogP) is 3.56. The SMILES string of the molecule is CNCC(=Cc1cc(C)ccc1C)C(C)C. The van der Waals surface area contributed by atoms with Crippen LogP contribution in [0.5, 0.6) is 0 Å². The minimum atomic E-state index is 0.590. The van der Waals surface area contributed by atoms with Gasteiger partial charge in [0, 0.05) is 6.54 Å². The maximum Gasteiger partial charge on any atom is 0.0167 e. The van der Waals surface area contributed by atoms with Gasteiger partial charge in [-0.25, -0.2) is 0 Å². The second kappa shape index (κ2) is 5.86. The van der Waals surface area contributed by atoms with E-state index in [9.17, 15) is 0 Å². The molecule has 0 heterocycles. The van der Waals surface area contributed by atoms with Crippen molar-refractivity contribution in [3.8, 4) is 0 Å². The molecular formula is C15H23N. The molecule has 0 spiro atoms. The summed E-state index contributed by atoms with van der Waals surface area (Å²) in [5.74, 6) is 0.590. The monoisotopic (exact) mass is 217 g/mol. The summed E-state index contributed by atoms with van der Waals surface area (Å²) in [5.41, 5.74) is 5.47. The number of nitrogens with one attached hydrogen (secondary N) is 1. The van der Waals surface area contributed by atoms with Gasteiger partial charge in [-0.1, -0.05) is 49.3 Å². The first-order valence-corrected chi connectivity index (χ1v) is 5.97. The molecule has 0 fully saturated rings. The number of likely N-dealkylation sites (N-methyl/N-ethyl adjacent to an activating group) is 1. The Hall–Kier alpha value is -1.08. The van der Waals surface area contributed by atoms with Crippen molar-refractivity contribution in [3.63, 3.8) is 0 Å². The van der Waals surface area contributed by atoms with Gasteiger partial charge in [-0.2, -0.15) is 0 Å². The fourth-order valence-electron chi connectivity index (χ4n) is 1.74. The van der Waals surface area contributed by atoms with E-state index in [0.29, 0.717) is 5.92 Å². The van der Waals surface area contributed by atoms with Crippen LogP contribution in [0.2, 0.25) is 0 Å². The molecular weight excluding hydrogens is 194 g/mol. The molecule has 0 radical (unpaired) electrons. The van der Waals surface area contributed by atoms with Crippen LogP contribution in [0.4, 0.5) is 0 Å². The van der Waals surface area contributed by atoms with Crippen molar-refractivity contribution in [3.05, 3.63) is 40.5 Å².